The van der Waals surface area contributed by atoms with Crippen LogP contribution in [-0.2, 0) is 0 Å². The predicted octanol–water partition coefficient (Wildman–Crippen LogP) is 3.83. The van der Waals surface area contributed by atoms with Crippen molar-refractivity contribution in [2.24, 2.45) is 0 Å². The Morgan fingerprint density at radius 3 is 2.62 bits per heavy atom. The number of para-hydroxylation sites is 2. The van der Waals surface area contributed by atoms with Gasteiger partial charge >= 0.3 is 0 Å². The maximum Gasteiger partial charge on any atom is 0.153 e. The number of aliphatic hydroxyl groups is 2. The van der Waals surface area contributed by atoms with Gasteiger partial charge in [0.15, 0.2) is 5.76 Å². The van der Waals surface area contributed by atoms with E-state index in [1.54, 1.807) is 0 Å². The highest BCUT2D eigenvalue weighted by molar-refractivity contribution is 5.94. The molecular weight excluding hydrogens is 352 g/mol. The molecule has 0 saturated heterocycles. The van der Waals surface area contributed by atoms with Crippen LogP contribution in [0.25, 0.3) is 33.3 Å². The summed E-state index contributed by atoms with van der Waals surface area (Å²) < 4.78 is 5.93. The third kappa shape index (κ3) is 3.51. The second kappa shape index (κ2) is 7.74. The Morgan fingerprint density at radius 2 is 1.81 bits per heavy atom. The lowest BCUT2D eigenvalue weighted by molar-refractivity contribution is 0.105. The van der Waals surface area contributed by atoms with Crippen LogP contribution in [0.1, 0.15) is 0 Å². The summed E-state index contributed by atoms with van der Waals surface area (Å²) in [6.45, 7) is -0.0312. The van der Waals surface area contributed by atoms with E-state index in [0.29, 0.717) is 5.76 Å². The fourth-order valence-electron chi connectivity index (χ4n) is 2.85. The zero-order valence-corrected chi connectivity index (χ0v) is 14.7. The van der Waals surface area contributed by atoms with Gasteiger partial charge in [-0.25, -0.2) is 4.98 Å². The third-order valence-corrected chi connectivity index (χ3v) is 4.13. The molecule has 0 bridgehead atoms. The quantitative estimate of drug-likeness (QED) is 0.497. The maximum atomic E-state index is 9.63. The van der Waals surface area contributed by atoms with Crippen LogP contribution in [-0.4, -0.2) is 34.5 Å². The zero-order chi connectivity index (χ0) is 17.2. The van der Waals surface area contributed by atoms with E-state index in [1.165, 1.54) is 0 Å². The van der Waals surface area contributed by atoms with Gasteiger partial charge < -0.3 is 19.9 Å². The number of anilines is 1. The minimum atomic E-state index is -0.818. The van der Waals surface area contributed by atoms with E-state index in [2.05, 4.69) is 5.32 Å². The van der Waals surface area contributed by atoms with Crippen molar-refractivity contribution in [3.05, 3.63) is 60.7 Å². The van der Waals surface area contributed by atoms with Gasteiger partial charge in [-0.2, -0.15) is 0 Å². The summed E-state index contributed by atoms with van der Waals surface area (Å²) in [5.74, 6) is 0.692. The first-order valence-electron chi connectivity index (χ1n) is 8.16. The van der Waals surface area contributed by atoms with Gasteiger partial charge in [0.25, 0.3) is 0 Å². The minimum absolute atomic E-state index is 0. The molecule has 2 aromatic carbocycles. The molecule has 3 N–H and O–H groups in total. The second-order valence-electron chi connectivity index (χ2n) is 5.94. The molecule has 5 nitrogen and oxygen atoms in total. The molecule has 0 amide bonds. The van der Waals surface area contributed by atoms with E-state index in [0.717, 1.165) is 33.3 Å². The summed E-state index contributed by atoms with van der Waals surface area (Å²) >= 11 is 0. The molecule has 0 aliphatic carbocycles. The molecule has 0 spiro atoms. The topological polar surface area (TPSA) is 78.5 Å². The Balaban J connectivity index is 0.00000196. The number of hydrogen-bond donors (Lipinski definition) is 3. The zero-order valence-electron chi connectivity index (χ0n) is 13.9. The molecule has 4 rings (SSSR count). The van der Waals surface area contributed by atoms with Gasteiger partial charge in [-0.1, -0.05) is 36.4 Å². The molecule has 2 heterocycles. The van der Waals surface area contributed by atoms with E-state index < -0.39 is 6.10 Å². The van der Waals surface area contributed by atoms with E-state index in [9.17, 15) is 5.11 Å². The van der Waals surface area contributed by atoms with Gasteiger partial charge in [-0.05, 0) is 24.3 Å². The smallest absolute Gasteiger partial charge is 0.153 e. The first-order valence-corrected chi connectivity index (χ1v) is 8.16. The molecule has 2 aromatic heterocycles. The molecule has 0 radical (unpaired) electrons. The Labute approximate surface area is 156 Å². The Bertz CT molecular complexity index is 999. The highest BCUT2D eigenvalue weighted by Crippen LogP contribution is 2.31. The predicted molar refractivity (Wildman–Crippen MR) is 106 cm³/mol. The van der Waals surface area contributed by atoms with Crippen molar-refractivity contribution >= 4 is 40.0 Å². The van der Waals surface area contributed by atoms with Crippen molar-refractivity contribution in [2.45, 2.75) is 6.10 Å². The van der Waals surface area contributed by atoms with Crippen LogP contribution >= 0.6 is 12.4 Å². The van der Waals surface area contributed by atoms with Gasteiger partial charge in [0.05, 0.1) is 18.2 Å². The molecule has 0 aliphatic heterocycles. The van der Waals surface area contributed by atoms with Crippen molar-refractivity contribution in [1.29, 1.82) is 0 Å². The van der Waals surface area contributed by atoms with E-state index in [-0.39, 0.29) is 25.6 Å². The summed E-state index contributed by atoms with van der Waals surface area (Å²) in [6, 6.07) is 19.5. The number of rotatable bonds is 5. The van der Waals surface area contributed by atoms with Crippen LogP contribution in [0.4, 0.5) is 5.69 Å². The third-order valence-electron chi connectivity index (χ3n) is 4.13. The molecule has 0 fully saturated rings. The molecule has 0 aliphatic rings. The number of nitrogens with one attached hydrogen (secondary N) is 1. The minimum Gasteiger partial charge on any atom is -0.454 e. The molecular formula is C20H19ClN2O3. The Kier molecular flexibility index (Phi) is 5.42. The number of nitrogens with zero attached hydrogens (tertiary/aromatic N) is 1. The SMILES string of the molecule is Cl.OC[C@@H](O)CNc1cc(-c2cc3ccccc3o2)nc2ccccc12. The van der Waals surface area contributed by atoms with Crippen LogP contribution in [0, 0.1) is 0 Å². The van der Waals surface area contributed by atoms with Crippen LogP contribution in [0.15, 0.2) is 65.1 Å². The van der Waals surface area contributed by atoms with Gasteiger partial charge in [0, 0.05) is 23.0 Å². The lowest BCUT2D eigenvalue weighted by Gasteiger charge is -2.13. The lowest BCUT2D eigenvalue weighted by atomic mass is 10.1. The lowest BCUT2D eigenvalue weighted by Crippen LogP contribution is -2.23. The summed E-state index contributed by atoms with van der Waals surface area (Å²) in [6.07, 6.45) is -0.818. The van der Waals surface area contributed by atoms with Gasteiger partial charge in [0.1, 0.15) is 11.3 Å². The first-order chi connectivity index (χ1) is 12.2. The molecule has 0 saturated carbocycles. The monoisotopic (exact) mass is 370 g/mol. The Hall–Kier alpha value is -2.60. The fourth-order valence-corrected chi connectivity index (χ4v) is 2.85. The highest BCUT2D eigenvalue weighted by atomic mass is 35.5. The van der Waals surface area contributed by atoms with Gasteiger partial charge in [-0.3, -0.25) is 0 Å². The average Bonchev–Trinajstić information content (AvgIpc) is 3.09. The van der Waals surface area contributed by atoms with Crippen molar-refractivity contribution in [3.63, 3.8) is 0 Å². The number of pyridine rings is 1. The standard InChI is InChI=1S/C20H18N2O3.ClH/c23-12-14(24)11-21-17-10-18(22-16-7-3-2-6-15(16)17)20-9-13-5-1-4-8-19(13)25-20;/h1-10,14,23-24H,11-12H2,(H,21,22);1H/t14-;/m0./s1. The van der Waals surface area contributed by atoms with Crippen molar-refractivity contribution in [3.8, 4) is 11.5 Å². The Morgan fingerprint density at radius 1 is 1.04 bits per heavy atom. The highest BCUT2D eigenvalue weighted by Gasteiger charge is 2.12. The van der Waals surface area contributed by atoms with E-state index in [1.807, 2.05) is 60.7 Å². The normalized spacial score (nSPS) is 12.1. The number of furan rings is 1. The second-order valence-corrected chi connectivity index (χ2v) is 5.94. The summed E-state index contributed by atoms with van der Waals surface area (Å²) in [7, 11) is 0. The first kappa shape index (κ1) is 18.2. The average molecular weight is 371 g/mol. The molecule has 26 heavy (non-hydrogen) atoms. The maximum absolute atomic E-state index is 9.63. The van der Waals surface area contributed by atoms with Gasteiger partial charge in [0.2, 0.25) is 0 Å². The summed E-state index contributed by atoms with van der Waals surface area (Å²) in [4.78, 5) is 4.70. The van der Waals surface area contributed by atoms with Crippen molar-refractivity contribution in [2.75, 3.05) is 18.5 Å². The van der Waals surface area contributed by atoms with E-state index in [4.69, 9.17) is 14.5 Å². The fraction of sp³-hybridized carbons (Fsp3) is 0.150. The number of benzene rings is 2. The van der Waals surface area contributed by atoms with Crippen LogP contribution in [0.3, 0.4) is 0 Å². The summed E-state index contributed by atoms with van der Waals surface area (Å²) in [5, 5.41) is 23.8. The number of halogens is 1. The number of aromatic nitrogens is 1. The summed E-state index contributed by atoms with van der Waals surface area (Å²) in [5.41, 5.74) is 3.21. The van der Waals surface area contributed by atoms with Crippen LogP contribution in [0.5, 0.6) is 0 Å². The van der Waals surface area contributed by atoms with Crippen LogP contribution in [0.2, 0.25) is 0 Å². The van der Waals surface area contributed by atoms with Crippen molar-refractivity contribution in [1.82, 2.24) is 4.98 Å². The number of hydrogen-bond acceptors (Lipinski definition) is 5. The molecule has 4 aromatic rings. The molecule has 1 atom stereocenters. The van der Waals surface area contributed by atoms with Crippen LogP contribution < -0.4 is 5.32 Å². The largest absolute Gasteiger partial charge is 0.454 e. The molecule has 6 heteroatoms. The van der Waals surface area contributed by atoms with Gasteiger partial charge in [-0.15, -0.1) is 12.4 Å². The molecule has 0 unspecified atom stereocenters. The van der Waals surface area contributed by atoms with Crippen molar-refractivity contribution < 1.29 is 14.6 Å². The number of aliphatic hydroxyl groups excluding tert-OH is 2. The number of fused-ring (bicyclic) bond motifs is 2. The molecule has 134 valence electrons. The van der Waals surface area contributed by atoms with E-state index >= 15 is 0 Å².